The van der Waals surface area contributed by atoms with E-state index in [1.165, 1.54) is 13.2 Å². The van der Waals surface area contributed by atoms with Gasteiger partial charge < -0.3 is 34.6 Å². The molecule has 2 rings (SSSR count). The third-order valence-corrected chi connectivity index (χ3v) is 3.90. The van der Waals surface area contributed by atoms with Crippen molar-refractivity contribution in [2.75, 3.05) is 13.7 Å². The fourth-order valence-electron chi connectivity index (χ4n) is 2.52. The number of carbonyl (C=O) groups excluding carboxylic acids is 1. The van der Waals surface area contributed by atoms with Gasteiger partial charge >= 0.3 is 0 Å². The van der Waals surface area contributed by atoms with Crippen LogP contribution in [0.25, 0.3) is 0 Å². The summed E-state index contributed by atoms with van der Waals surface area (Å²) >= 11 is 0. The van der Waals surface area contributed by atoms with E-state index in [1.807, 2.05) is 0 Å². The lowest BCUT2D eigenvalue weighted by Gasteiger charge is -2.39. The number of rotatable bonds is 6. The summed E-state index contributed by atoms with van der Waals surface area (Å²) in [5.41, 5.74) is 0.321. The van der Waals surface area contributed by atoms with Crippen LogP contribution in [0.3, 0.4) is 0 Å². The highest BCUT2D eigenvalue weighted by atomic mass is 16.7. The van der Waals surface area contributed by atoms with Crippen LogP contribution >= 0.6 is 0 Å². The second-order valence-corrected chi connectivity index (χ2v) is 5.43. The molecular weight excluding hydrogens is 320 g/mol. The minimum Gasteiger partial charge on any atom is -0.492 e. The van der Waals surface area contributed by atoms with Gasteiger partial charge in [-0.25, -0.2) is 0 Å². The SMILES string of the molecule is CCC(=O)c1cccc(O[C@@H]2O[C@H](CO)[C@@H](O)[C@H](O)[C@H]2O)c1OC. The first-order chi connectivity index (χ1) is 11.4. The number of para-hydroxylation sites is 1. The Hall–Kier alpha value is -1.71. The van der Waals surface area contributed by atoms with E-state index < -0.39 is 37.3 Å². The maximum Gasteiger partial charge on any atom is 0.229 e. The molecule has 4 N–H and O–H groups in total. The Morgan fingerprint density at radius 1 is 1.21 bits per heavy atom. The van der Waals surface area contributed by atoms with Crippen LogP contribution in [0.15, 0.2) is 18.2 Å². The van der Waals surface area contributed by atoms with Gasteiger partial charge in [0, 0.05) is 6.42 Å². The minimum absolute atomic E-state index is 0.140. The molecular formula is C16H22O8. The summed E-state index contributed by atoms with van der Waals surface area (Å²) in [6.07, 6.45) is -6.72. The van der Waals surface area contributed by atoms with E-state index >= 15 is 0 Å². The monoisotopic (exact) mass is 342 g/mol. The number of methoxy groups -OCH3 is 1. The summed E-state index contributed by atoms with van der Waals surface area (Å²) in [6, 6.07) is 4.70. The fourth-order valence-corrected chi connectivity index (χ4v) is 2.52. The zero-order valence-corrected chi connectivity index (χ0v) is 13.5. The minimum atomic E-state index is -1.55. The molecule has 1 aliphatic rings. The Kier molecular flexibility index (Phi) is 6.14. The van der Waals surface area contributed by atoms with E-state index in [4.69, 9.17) is 14.2 Å². The highest BCUT2D eigenvalue weighted by Crippen LogP contribution is 2.34. The van der Waals surface area contributed by atoms with Crippen molar-refractivity contribution in [2.24, 2.45) is 0 Å². The van der Waals surface area contributed by atoms with Crippen LogP contribution in [0.2, 0.25) is 0 Å². The second-order valence-electron chi connectivity index (χ2n) is 5.43. The normalized spacial score (nSPS) is 30.0. The molecule has 1 fully saturated rings. The summed E-state index contributed by atoms with van der Waals surface area (Å²) in [4.78, 5) is 12.0. The van der Waals surface area contributed by atoms with Gasteiger partial charge in [0.25, 0.3) is 0 Å². The molecule has 0 bridgehead atoms. The molecule has 0 spiro atoms. The first-order valence-electron chi connectivity index (χ1n) is 7.61. The molecule has 1 aromatic rings. The van der Waals surface area contributed by atoms with E-state index in [9.17, 15) is 25.2 Å². The molecule has 0 amide bonds. The predicted octanol–water partition coefficient (Wildman–Crippen LogP) is -0.533. The van der Waals surface area contributed by atoms with Gasteiger partial charge in [-0.1, -0.05) is 13.0 Å². The van der Waals surface area contributed by atoms with E-state index in [-0.39, 0.29) is 23.7 Å². The molecule has 5 atom stereocenters. The molecule has 1 heterocycles. The molecule has 1 aliphatic heterocycles. The zero-order valence-electron chi connectivity index (χ0n) is 13.5. The smallest absolute Gasteiger partial charge is 0.229 e. The van der Waals surface area contributed by atoms with Crippen molar-refractivity contribution in [3.63, 3.8) is 0 Å². The van der Waals surface area contributed by atoms with Crippen LogP contribution in [-0.4, -0.2) is 70.6 Å². The predicted molar refractivity (Wildman–Crippen MR) is 82.0 cm³/mol. The van der Waals surface area contributed by atoms with Gasteiger partial charge in [-0.15, -0.1) is 0 Å². The second kappa shape index (κ2) is 7.91. The quantitative estimate of drug-likeness (QED) is 0.508. The standard InChI is InChI=1S/C16H22O8/c1-3-9(18)8-5-4-6-10(15(8)22-2)23-16-14(21)13(20)12(19)11(7-17)24-16/h4-6,11-14,16-17,19-21H,3,7H2,1-2H3/t11-,12-,13+,14-,16-/m1/s1. The van der Waals surface area contributed by atoms with Gasteiger partial charge in [0.2, 0.25) is 6.29 Å². The molecule has 0 unspecified atom stereocenters. The number of Topliss-reactive ketones (excluding diaryl/α,β-unsaturated/α-hetero) is 1. The summed E-state index contributed by atoms with van der Waals surface area (Å²) in [5, 5.41) is 38.8. The highest BCUT2D eigenvalue weighted by Gasteiger charge is 2.45. The lowest BCUT2D eigenvalue weighted by atomic mass is 9.99. The van der Waals surface area contributed by atoms with E-state index in [0.717, 1.165) is 0 Å². The Morgan fingerprint density at radius 3 is 2.50 bits per heavy atom. The lowest BCUT2D eigenvalue weighted by molar-refractivity contribution is -0.277. The van der Waals surface area contributed by atoms with Crippen molar-refractivity contribution < 1.29 is 39.4 Å². The average Bonchev–Trinajstić information content (AvgIpc) is 2.61. The molecule has 1 saturated heterocycles. The van der Waals surface area contributed by atoms with Gasteiger partial charge in [-0.2, -0.15) is 0 Å². The number of ether oxygens (including phenoxy) is 3. The van der Waals surface area contributed by atoms with Crippen molar-refractivity contribution >= 4 is 5.78 Å². The Bertz CT molecular complexity index is 573. The number of aliphatic hydroxyl groups excluding tert-OH is 4. The molecule has 0 saturated carbocycles. The van der Waals surface area contributed by atoms with Gasteiger partial charge in [0.15, 0.2) is 17.3 Å². The highest BCUT2D eigenvalue weighted by molar-refractivity contribution is 5.99. The molecule has 8 nitrogen and oxygen atoms in total. The van der Waals surface area contributed by atoms with Crippen molar-refractivity contribution in [3.05, 3.63) is 23.8 Å². The third-order valence-electron chi connectivity index (χ3n) is 3.90. The van der Waals surface area contributed by atoms with Crippen molar-refractivity contribution in [3.8, 4) is 11.5 Å². The van der Waals surface area contributed by atoms with Crippen molar-refractivity contribution in [1.29, 1.82) is 0 Å². The number of hydrogen-bond acceptors (Lipinski definition) is 8. The first-order valence-corrected chi connectivity index (χ1v) is 7.61. The number of carbonyl (C=O) groups is 1. The molecule has 0 aromatic heterocycles. The molecule has 0 aliphatic carbocycles. The van der Waals surface area contributed by atoms with Crippen LogP contribution in [0.5, 0.6) is 11.5 Å². The van der Waals surface area contributed by atoms with E-state index in [0.29, 0.717) is 5.56 Å². The third kappa shape index (κ3) is 3.52. The summed E-state index contributed by atoms with van der Waals surface area (Å²) in [5.74, 6) is 0.175. The number of hydrogen-bond donors (Lipinski definition) is 4. The summed E-state index contributed by atoms with van der Waals surface area (Å²) in [6.45, 7) is 1.16. The Balaban J connectivity index is 2.28. The summed E-state index contributed by atoms with van der Waals surface area (Å²) in [7, 11) is 1.38. The van der Waals surface area contributed by atoms with Gasteiger partial charge in [0.05, 0.1) is 19.3 Å². The lowest BCUT2D eigenvalue weighted by Crippen LogP contribution is -2.60. The maximum atomic E-state index is 12.0. The van der Waals surface area contributed by atoms with Crippen LogP contribution < -0.4 is 9.47 Å². The molecule has 134 valence electrons. The number of aliphatic hydroxyl groups is 4. The molecule has 1 aromatic carbocycles. The van der Waals surface area contributed by atoms with Crippen LogP contribution in [0, 0.1) is 0 Å². The van der Waals surface area contributed by atoms with Crippen LogP contribution in [0.1, 0.15) is 23.7 Å². The van der Waals surface area contributed by atoms with Crippen molar-refractivity contribution in [2.45, 2.75) is 44.1 Å². The Morgan fingerprint density at radius 2 is 1.92 bits per heavy atom. The van der Waals surface area contributed by atoms with Gasteiger partial charge in [-0.05, 0) is 12.1 Å². The zero-order chi connectivity index (χ0) is 17.9. The number of ketones is 1. The Labute approximate surface area is 139 Å². The van der Waals surface area contributed by atoms with Crippen LogP contribution in [0.4, 0.5) is 0 Å². The average molecular weight is 342 g/mol. The summed E-state index contributed by atoms with van der Waals surface area (Å²) < 4.78 is 16.1. The first kappa shape index (κ1) is 18.6. The maximum absolute atomic E-state index is 12.0. The van der Waals surface area contributed by atoms with Crippen molar-refractivity contribution in [1.82, 2.24) is 0 Å². The van der Waals surface area contributed by atoms with Crippen LogP contribution in [-0.2, 0) is 4.74 Å². The van der Waals surface area contributed by atoms with Gasteiger partial charge in [0.1, 0.15) is 24.4 Å². The van der Waals surface area contributed by atoms with Gasteiger partial charge in [-0.3, -0.25) is 4.79 Å². The molecule has 8 heteroatoms. The topological polar surface area (TPSA) is 126 Å². The number of benzene rings is 1. The molecule has 0 radical (unpaired) electrons. The largest absolute Gasteiger partial charge is 0.492 e. The fraction of sp³-hybridized carbons (Fsp3) is 0.562. The van der Waals surface area contributed by atoms with E-state index in [2.05, 4.69) is 0 Å². The van der Waals surface area contributed by atoms with E-state index in [1.54, 1.807) is 19.1 Å². The molecule has 24 heavy (non-hydrogen) atoms.